The lowest BCUT2D eigenvalue weighted by atomic mass is 9.57. The van der Waals surface area contributed by atoms with Gasteiger partial charge in [0, 0.05) is 0 Å². The van der Waals surface area contributed by atoms with Gasteiger partial charge in [0.25, 0.3) is 0 Å². The van der Waals surface area contributed by atoms with Crippen LogP contribution in [-0.2, 0) is 29.9 Å². The van der Waals surface area contributed by atoms with E-state index in [9.17, 15) is 20.1 Å². The molecule has 2 aromatic carbocycles. The molecule has 2 aromatic rings. The first-order valence-corrected chi connectivity index (χ1v) is 17.2. The summed E-state index contributed by atoms with van der Waals surface area (Å²) in [4.78, 5) is 30.0. The monoisotopic (exact) mass is 624 g/mol. The zero-order valence-electron chi connectivity index (χ0n) is 29.0. The minimum Gasteiger partial charge on any atom is -0.461 e. The van der Waals surface area contributed by atoms with Gasteiger partial charge in [-0.25, -0.2) is 9.59 Å². The standard InChI is InChI=1S/C40H52N2O4/c1-25(2)33-19-13-29(7)21-35(33)45-37(43)39(23-41,31-15-9-27(5)10-16-31)40(24-42,32-17-11-28(6)12-18-32)38(44)46-36-22-30(8)14-20-34(36)26(3)4/h9-12,15-18,25-26,29-30,33-36H,13-14,19-22H2,1-8H3/t29-,30?,33+,34+,35-,36-,39-,40-/m1/s1. The average molecular weight is 625 g/mol. The van der Waals surface area contributed by atoms with Crippen LogP contribution in [-0.4, -0.2) is 24.1 Å². The van der Waals surface area contributed by atoms with E-state index >= 15 is 0 Å². The summed E-state index contributed by atoms with van der Waals surface area (Å²) in [5.41, 5.74) is -2.35. The molecule has 2 saturated carbocycles. The van der Waals surface area contributed by atoms with E-state index in [1.165, 1.54) is 0 Å². The molecule has 4 rings (SSSR count). The van der Waals surface area contributed by atoms with Crippen molar-refractivity contribution in [3.8, 4) is 12.1 Å². The summed E-state index contributed by atoms with van der Waals surface area (Å²) >= 11 is 0. The Morgan fingerprint density at radius 1 is 0.652 bits per heavy atom. The highest BCUT2D eigenvalue weighted by Crippen LogP contribution is 2.49. The van der Waals surface area contributed by atoms with E-state index in [1.807, 2.05) is 13.8 Å². The van der Waals surface area contributed by atoms with Crippen LogP contribution < -0.4 is 0 Å². The minimum atomic E-state index is -2.34. The fraction of sp³-hybridized carbons (Fsp3) is 0.600. The van der Waals surface area contributed by atoms with Gasteiger partial charge in [-0.2, -0.15) is 10.5 Å². The van der Waals surface area contributed by atoms with E-state index < -0.39 is 35.0 Å². The molecule has 0 amide bonds. The fourth-order valence-electron chi connectivity index (χ4n) is 7.92. The average Bonchev–Trinajstić information content (AvgIpc) is 3.00. The Bertz CT molecular complexity index is 1340. The Balaban J connectivity index is 1.96. The molecule has 0 saturated heterocycles. The zero-order chi connectivity index (χ0) is 33.8. The van der Waals surface area contributed by atoms with Crippen molar-refractivity contribution in [1.29, 1.82) is 10.5 Å². The molecule has 2 aliphatic rings. The van der Waals surface area contributed by atoms with Crippen molar-refractivity contribution < 1.29 is 19.1 Å². The lowest BCUT2D eigenvalue weighted by Crippen LogP contribution is -2.60. The van der Waals surface area contributed by atoms with Gasteiger partial charge < -0.3 is 9.47 Å². The third-order valence-electron chi connectivity index (χ3n) is 10.9. The Morgan fingerprint density at radius 3 is 1.26 bits per heavy atom. The number of carbonyl (C=O) groups is 2. The number of hydrogen-bond donors (Lipinski definition) is 0. The van der Waals surface area contributed by atoms with E-state index in [0.717, 1.165) is 36.8 Å². The van der Waals surface area contributed by atoms with Crippen molar-refractivity contribution in [1.82, 2.24) is 0 Å². The summed E-state index contributed by atoms with van der Waals surface area (Å²) in [6.45, 7) is 16.6. The highest BCUT2D eigenvalue weighted by molar-refractivity contribution is 6.02. The number of nitriles is 2. The highest BCUT2D eigenvalue weighted by Gasteiger charge is 2.68. The fourth-order valence-corrected chi connectivity index (χ4v) is 7.92. The topological polar surface area (TPSA) is 100 Å². The van der Waals surface area contributed by atoms with E-state index in [1.54, 1.807) is 48.5 Å². The molecule has 0 bridgehead atoms. The lowest BCUT2D eigenvalue weighted by molar-refractivity contribution is -0.173. The molecular formula is C40H52N2O4. The van der Waals surface area contributed by atoms with Crippen LogP contribution in [0, 0.1) is 72.0 Å². The van der Waals surface area contributed by atoms with Crippen LogP contribution in [0.4, 0.5) is 0 Å². The first-order chi connectivity index (χ1) is 21.8. The van der Waals surface area contributed by atoms with Crippen molar-refractivity contribution >= 4 is 11.9 Å². The molecule has 2 fully saturated rings. The maximum atomic E-state index is 15.0. The zero-order valence-corrected chi connectivity index (χ0v) is 29.0. The number of ether oxygens (including phenoxy) is 2. The predicted octanol–water partition coefficient (Wildman–Crippen LogP) is 8.53. The predicted molar refractivity (Wildman–Crippen MR) is 179 cm³/mol. The van der Waals surface area contributed by atoms with Crippen LogP contribution in [0.1, 0.15) is 102 Å². The van der Waals surface area contributed by atoms with Crippen LogP contribution in [0.2, 0.25) is 0 Å². The second kappa shape index (κ2) is 14.4. The molecule has 2 aliphatic carbocycles. The van der Waals surface area contributed by atoms with Crippen molar-refractivity contribution in [3.63, 3.8) is 0 Å². The molecular weight excluding hydrogens is 572 g/mol. The molecule has 46 heavy (non-hydrogen) atoms. The summed E-state index contributed by atoms with van der Waals surface area (Å²) in [5.74, 6) is -0.350. The molecule has 0 aliphatic heterocycles. The first-order valence-electron chi connectivity index (χ1n) is 17.2. The number of nitrogens with zero attached hydrogens (tertiary/aromatic N) is 2. The smallest absolute Gasteiger partial charge is 0.334 e. The summed E-state index contributed by atoms with van der Waals surface area (Å²) in [5, 5.41) is 22.7. The Morgan fingerprint density at radius 2 is 0.978 bits per heavy atom. The maximum absolute atomic E-state index is 15.0. The highest BCUT2D eigenvalue weighted by atomic mass is 16.6. The van der Waals surface area contributed by atoms with Crippen molar-refractivity contribution in [2.45, 2.75) is 117 Å². The van der Waals surface area contributed by atoms with Crippen LogP contribution in [0.5, 0.6) is 0 Å². The van der Waals surface area contributed by atoms with Crippen LogP contribution in [0.3, 0.4) is 0 Å². The Labute approximate surface area is 276 Å². The van der Waals surface area contributed by atoms with Gasteiger partial charge in [-0.3, -0.25) is 0 Å². The van der Waals surface area contributed by atoms with Crippen LogP contribution in [0.15, 0.2) is 48.5 Å². The van der Waals surface area contributed by atoms with Gasteiger partial charge in [0.1, 0.15) is 12.2 Å². The third-order valence-corrected chi connectivity index (χ3v) is 10.9. The quantitative estimate of drug-likeness (QED) is 0.259. The Hall–Kier alpha value is -3.64. The molecule has 8 atom stereocenters. The normalized spacial score (nSPS) is 27.5. The van der Waals surface area contributed by atoms with E-state index in [-0.39, 0.29) is 34.8 Å². The van der Waals surface area contributed by atoms with E-state index in [2.05, 4.69) is 53.7 Å². The number of rotatable bonds is 9. The van der Waals surface area contributed by atoms with Gasteiger partial charge in [0.05, 0.1) is 12.1 Å². The van der Waals surface area contributed by atoms with Crippen LogP contribution in [0.25, 0.3) is 0 Å². The van der Waals surface area contributed by atoms with Gasteiger partial charge in [0.15, 0.2) is 0 Å². The number of carbonyl (C=O) groups excluding carboxylic acids is 2. The second-order valence-electron chi connectivity index (χ2n) is 15.0. The first kappa shape index (κ1) is 35.2. The molecule has 0 radical (unpaired) electrons. The lowest BCUT2D eigenvalue weighted by Gasteiger charge is -2.43. The Kier molecular flexibility index (Phi) is 11.0. The molecule has 6 nitrogen and oxygen atoms in total. The number of benzene rings is 2. The maximum Gasteiger partial charge on any atom is 0.334 e. The van der Waals surface area contributed by atoms with Crippen molar-refractivity contribution in [3.05, 3.63) is 70.8 Å². The molecule has 0 spiro atoms. The minimum absolute atomic E-state index is 0.105. The molecule has 0 N–H and O–H groups in total. The molecule has 246 valence electrons. The second-order valence-corrected chi connectivity index (χ2v) is 15.0. The van der Waals surface area contributed by atoms with Gasteiger partial charge >= 0.3 is 11.9 Å². The summed E-state index contributed by atoms with van der Waals surface area (Å²) < 4.78 is 12.9. The summed E-state index contributed by atoms with van der Waals surface area (Å²) in [7, 11) is 0. The van der Waals surface area contributed by atoms with Gasteiger partial charge in [-0.05, 0) is 86.2 Å². The summed E-state index contributed by atoms with van der Waals surface area (Å²) in [6.07, 6.45) is 4.32. The van der Waals surface area contributed by atoms with Gasteiger partial charge in [-0.1, -0.05) is 114 Å². The molecule has 0 heterocycles. The van der Waals surface area contributed by atoms with Crippen LogP contribution >= 0.6 is 0 Å². The number of hydrogen-bond acceptors (Lipinski definition) is 6. The largest absolute Gasteiger partial charge is 0.461 e. The summed E-state index contributed by atoms with van der Waals surface area (Å²) in [6, 6.07) is 18.4. The van der Waals surface area contributed by atoms with E-state index in [0.29, 0.717) is 24.7 Å². The molecule has 6 heteroatoms. The molecule has 1 unspecified atom stereocenters. The van der Waals surface area contributed by atoms with Gasteiger partial charge in [-0.15, -0.1) is 0 Å². The van der Waals surface area contributed by atoms with Gasteiger partial charge in [0.2, 0.25) is 10.8 Å². The SMILES string of the molecule is Cc1ccc([C@](C#N)(C(=O)O[C@@H]2CC(C)CC[C@H]2C(C)C)[C@@](C#N)(C(=O)O[C@@H]2C[C@H](C)CC[C@H]2C(C)C)c2ccc(C)cc2)cc1. The number of esters is 2. The third kappa shape index (κ3) is 6.60. The molecule has 0 aromatic heterocycles. The van der Waals surface area contributed by atoms with E-state index in [4.69, 9.17) is 9.47 Å². The number of aryl methyl sites for hydroxylation is 2. The van der Waals surface area contributed by atoms with Crippen molar-refractivity contribution in [2.24, 2.45) is 35.5 Å². The van der Waals surface area contributed by atoms with Crippen molar-refractivity contribution in [2.75, 3.05) is 0 Å².